The van der Waals surface area contributed by atoms with Crippen LogP contribution in [0.2, 0.25) is 0 Å². The van der Waals surface area contributed by atoms with Crippen molar-refractivity contribution in [3.8, 4) is 11.3 Å². The van der Waals surface area contributed by atoms with Crippen molar-refractivity contribution in [3.63, 3.8) is 0 Å². The highest BCUT2D eigenvalue weighted by atomic mass is 16.3. The molecule has 2 heteroatoms. The lowest BCUT2D eigenvalue weighted by Gasteiger charge is -2.00. The van der Waals surface area contributed by atoms with Crippen LogP contribution >= 0.6 is 0 Å². The summed E-state index contributed by atoms with van der Waals surface area (Å²) < 4.78 is 37.2. The molecule has 2 nitrogen and oxygen atoms in total. The fourth-order valence-electron chi connectivity index (χ4n) is 2.29. The van der Waals surface area contributed by atoms with E-state index in [1.54, 1.807) is 6.07 Å². The Bertz CT molecular complexity index is 1070. The number of furan rings is 1. The molecule has 0 atom stereocenters. The van der Waals surface area contributed by atoms with Gasteiger partial charge in [-0.05, 0) is 24.2 Å². The van der Waals surface area contributed by atoms with E-state index in [-0.39, 0.29) is 30.0 Å². The van der Waals surface area contributed by atoms with E-state index in [2.05, 4.69) is 4.98 Å². The zero-order valence-corrected chi connectivity index (χ0v) is 9.90. The third-order valence-corrected chi connectivity index (χ3v) is 3.13. The molecule has 0 fully saturated rings. The van der Waals surface area contributed by atoms with E-state index in [9.17, 15) is 0 Å². The van der Waals surface area contributed by atoms with Crippen LogP contribution in [0.5, 0.6) is 0 Å². The molecule has 0 bridgehead atoms. The molecular formula is C17H11NO. The van der Waals surface area contributed by atoms with Gasteiger partial charge in [0.1, 0.15) is 11.2 Å². The van der Waals surface area contributed by atoms with Gasteiger partial charge in [-0.1, -0.05) is 36.4 Å². The number of aromatic nitrogens is 1. The van der Waals surface area contributed by atoms with Crippen LogP contribution in [0.1, 0.15) is 5.48 Å². The smallest absolute Gasteiger partial charge is 0.144 e. The van der Waals surface area contributed by atoms with Gasteiger partial charge in [-0.2, -0.15) is 0 Å². The monoisotopic (exact) mass is 249 g/mol. The van der Waals surface area contributed by atoms with Crippen molar-refractivity contribution in [2.45, 2.75) is 0 Å². The van der Waals surface area contributed by atoms with Crippen molar-refractivity contribution in [2.75, 3.05) is 0 Å². The third kappa shape index (κ3) is 1.54. The van der Waals surface area contributed by atoms with E-state index < -0.39 is 0 Å². The molecule has 2 aromatic heterocycles. The lowest BCUT2D eigenvalue weighted by molar-refractivity contribution is 0.670. The van der Waals surface area contributed by atoms with Crippen molar-refractivity contribution < 1.29 is 9.90 Å². The summed E-state index contributed by atoms with van der Waals surface area (Å²) in [7, 11) is 0. The van der Waals surface area contributed by atoms with E-state index in [1.165, 1.54) is 0 Å². The number of fused-ring (bicyclic) bond motifs is 3. The molecule has 0 saturated carbocycles. The molecule has 0 N–H and O–H groups in total. The van der Waals surface area contributed by atoms with Crippen LogP contribution in [-0.4, -0.2) is 4.98 Å². The highest BCUT2D eigenvalue weighted by Crippen LogP contribution is 2.34. The number of rotatable bonds is 1. The van der Waals surface area contributed by atoms with Gasteiger partial charge in [0.25, 0.3) is 0 Å². The van der Waals surface area contributed by atoms with E-state index in [4.69, 9.17) is 9.90 Å². The van der Waals surface area contributed by atoms with Crippen LogP contribution in [0.25, 0.3) is 33.2 Å². The van der Waals surface area contributed by atoms with Crippen molar-refractivity contribution in [1.82, 2.24) is 4.98 Å². The maximum atomic E-state index is 8.09. The topological polar surface area (TPSA) is 26.0 Å². The van der Waals surface area contributed by atoms with Crippen LogP contribution in [0, 0.1) is 0 Å². The predicted molar refractivity (Wildman–Crippen MR) is 77.0 cm³/mol. The first-order valence-corrected chi connectivity index (χ1v) is 5.93. The number of benzene rings is 2. The number of hydrogen-bond donors (Lipinski definition) is 0. The van der Waals surface area contributed by atoms with Gasteiger partial charge < -0.3 is 4.42 Å². The summed E-state index contributed by atoms with van der Waals surface area (Å²) >= 11 is 0. The minimum absolute atomic E-state index is 0.168. The van der Waals surface area contributed by atoms with Gasteiger partial charge in [0.15, 0.2) is 0 Å². The van der Waals surface area contributed by atoms with Crippen molar-refractivity contribution in [1.29, 1.82) is 0 Å². The zero-order valence-electron chi connectivity index (χ0n) is 13.9. The molecule has 0 aliphatic rings. The van der Waals surface area contributed by atoms with E-state index in [1.807, 2.05) is 36.4 Å². The van der Waals surface area contributed by atoms with Gasteiger partial charge in [-0.25, -0.2) is 0 Å². The summed E-state index contributed by atoms with van der Waals surface area (Å²) in [6.07, 6.45) is -0.311. The Labute approximate surface area is 115 Å². The van der Waals surface area contributed by atoms with E-state index in [0.29, 0.717) is 11.1 Å². The second-order valence-corrected chi connectivity index (χ2v) is 4.23. The van der Waals surface area contributed by atoms with Crippen molar-refractivity contribution >= 4 is 21.9 Å². The molecular weight excluding hydrogens is 234 g/mol. The number of nitrogens with zero attached hydrogens (tertiary/aromatic N) is 1. The number of hydrogen-bond acceptors (Lipinski definition) is 2. The quantitative estimate of drug-likeness (QED) is 0.491. The minimum Gasteiger partial charge on any atom is -0.455 e. The Balaban J connectivity index is 2.11. The first-order valence-electron chi connectivity index (χ1n) is 7.93. The summed E-state index contributed by atoms with van der Waals surface area (Å²) in [4.78, 5) is 4.04. The zero-order chi connectivity index (χ0) is 16.1. The first kappa shape index (κ1) is 7.10. The molecule has 4 rings (SSSR count). The summed E-state index contributed by atoms with van der Waals surface area (Å²) in [5.41, 5.74) is 2.06. The first-order chi connectivity index (χ1) is 11.1. The molecule has 0 saturated heterocycles. The number of para-hydroxylation sites is 2. The maximum Gasteiger partial charge on any atom is 0.144 e. The van der Waals surface area contributed by atoms with Crippen LogP contribution in [0.15, 0.2) is 71.2 Å². The lowest BCUT2D eigenvalue weighted by Crippen LogP contribution is -1.81. The second kappa shape index (κ2) is 3.95. The molecule has 2 heterocycles. The molecule has 0 aliphatic carbocycles. The highest BCUT2D eigenvalue weighted by Gasteiger charge is 2.11. The minimum atomic E-state index is -0.337. The molecule has 0 radical (unpaired) electrons. The summed E-state index contributed by atoms with van der Waals surface area (Å²) in [5.74, 6) is 0. The molecule has 0 unspecified atom stereocenters. The Morgan fingerprint density at radius 2 is 1.84 bits per heavy atom. The molecule has 0 aliphatic heterocycles. The van der Waals surface area contributed by atoms with Gasteiger partial charge in [-0.3, -0.25) is 4.98 Å². The average molecular weight is 249 g/mol. The Morgan fingerprint density at radius 1 is 0.947 bits per heavy atom. The largest absolute Gasteiger partial charge is 0.455 e. The average Bonchev–Trinajstić information content (AvgIpc) is 2.95. The van der Waals surface area contributed by atoms with Gasteiger partial charge in [0.2, 0.25) is 0 Å². The fourth-order valence-corrected chi connectivity index (χ4v) is 2.29. The Kier molecular flexibility index (Phi) is 1.48. The second-order valence-electron chi connectivity index (χ2n) is 4.23. The molecule has 4 aromatic rings. The summed E-state index contributed by atoms with van der Waals surface area (Å²) in [6, 6.07) is 12.4. The maximum absolute atomic E-state index is 8.09. The van der Waals surface area contributed by atoms with Crippen LogP contribution < -0.4 is 0 Å². The van der Waals surface area contributed by atoms with E-state index in [0.717, 1.165) is 16.4 Å². The summed E-state index contributed by atoms with van der Waals surface area (Å²) in [5, 5.41) is 1.86. The van der Waals surface area contributed by atoms with Crippen LogP contribution in [0.4, 0.5) is 0 Å². The van der Waals surface area contributed by atoms with Gasteiger partial charge in [0.05, 0.1) is 11.2 Å². The van der Waals surface area contributed by atoms with Crippen LogP contribution in [0.3, 0.4) is 0 Å². The third-order valence-electron chi connectivity index (χ3n) is 3.13. The fraction of sp³-hybridized carbons (Fsp3) is 0. The molecule has 19 heavy (non-hydrogen) atoms. The van der Waals surface area contributed by atoms with Gasteiger partial charge in [-0.15, -0.1) is 0 Å². The predicted octanol–water partition coefficient (Wildman–Crippen LogP) is 4.65. The standard InChI is InChI=1S/C17H11NO/c1-2-10-16-12(6-1)13-7-5-8-14(17(13)19-16)15-9-3-4-11-18-15/h1-11H/i3D,4D,9D,11D. The van der Waals surface area contributed by atoms with Gasteiger partial charge in [0, 0.05) is 22.5 Å². The highest BCUT2D eigenvalue weighted by molar-refractivity contribution is 6.09. The number of pyridine rings is 1. The van der Waals surface area contributed by atoms with Crippen molar-refractivity contribution in [3.05, 3.63) is 66.8 Å². The Morgan fingerprint density at radius 3 is 2.84 bits per heavy atom. The lowest BCUT2D eigenvalue weighted by atomic mass is 10.1. The summed E-state index contributed by atoms with van der Waals surface area (Å²) in [6.45, 7) is 0. The molecule has 90 valence electrons. The van der Waals surface area contributed by atoms with Crippen LogP contribution in [-0.2, 0) is 0 Å². The molecule has 0 amide bonds. The molecule has 0 spiro atoms. The molecule has 2 aromatic carbocycles. The van der Waals surface area contributed by atoms with Crippen molar-refractivity contribution in [2.24, 2.45) is 0 Å². The SMILES string of the molecule is [2H]c1nc(-c2cccc3c2oc2ccccc23)c([2H])c([2H])c1[2H]. The Hall–Kier alpha value is -2.61. The van der Waals surface area contributed by atoms with E-state index >= 15 is 0 Å². The van der Waals surface area contributed by atoms with Gasteiger partial charge >= 0.3 is 0 Å². The normalized spacial score (nSPS) is 14.1.